The number of hydrogen-bond acceptors (Lipinski definition) is 2. The van der Waals surface area contributed by atoms with E-state index in [9.17, 15) is 0 Å². The Kier molecular flexibility index (Phi) is 4.62. The second-order valence-electron chi connectivity index (χ2n) is 2.28. The molecule has 0 bridgehead atoms. The van der Waals surface area contributed by atoms with Gasteiger partial charge in [0.15, 0.2) is 0 Å². The first kappa shape index (κ1) is 10.2. The van der Waals surface area contributed by atoms with Gasteiger partial charge in [-0.25, -0.2) is 0 Å². The zero-order valence-electron chi connectivity index (χ0n) is 7.11. The highest BCUT2D eigenvalue weighted by Gasteiger charge is 2.00. The van der Waals surface area contributed by atoms with Gasteiger partial charge in [-0.1, -0.05) is 17.7 Å². The molecule has 0 aromatic rings. The molecule has 0 amide bonds. The van der Waals surface area contributed by atoms with E-state index in [2.05, 4.69) is 17.2 Å². The third kappa shape index (κ3) is 3.23. The summed E-state index contributed by atoms with van der Waals surface area (Å²) in [7, 11) is 0. The molecular weight excluding hydrogens is 160 g/mol. The maximum Gasteiger partial charge on any atom is 0.0730 e. The Morgan fingerprint density at radius 3 is 2.36 bits per heavy atom. The predicted octanol–water partition coefficient (Wildman–Crippen LogP) is 2.63. The molecule has 3 heteroatoms. The van der Waals surface area contributed by atoms with Crippen LogP contribution in [-0.2, 0) is 0 Å². The van der Waals surface area contributed by atoms with Crippen LogP contribution in [0.25, 0.3) is 0 Å². The summed E-state index contributed by atoms with van der Waals surface area (Å²) in [6, 6.07) is 0. The highest BCUT2D eigenvalue weighted by Crippen LogP contribution is 2.15. The van der Waals surface area contributed by atoms with Crippen LogP contribution < -0.4 is 5.43 Å². The van der Waals surface area contributed by atoms with Crippen LogP contribution in [0.5, 0.6) is 0 Å². The SMILES string of the molecule is C=NNC(=C(C)C)/C(Cl)=C\C. The summed E-state index contributed by atoms with van der Waals surface area (Å²) in [4.78, 5) is 0. The molecule has 11 heavy (non-hydrogen) atoms. The maximum atomic E-state index is 5.86. The minimum atomic E-state index is 0.664. The quantitative estimate of drug-likeness (QED) is 0.395. The lowest BCUT2D eigenvalue weighted by Crippen LogP contribution is -2.06. The first-order valence-electron chi connectivity index (χ1n) is 3.34. The normalized spacial score (nSPS) is 10.7. The minimum absolute atomic E-state index is 0.664. The second kappa shape index (κ2) is 4.97. The summed E-state index contributed by atoms with van der Waals surface area (Å²) >= 11 is 5.86. The summed E-state index contributed by atoms with van der Waals surface area (Å²) in [6.07, 6.45) is 1.81. The summed E-state index contributed by atoms with van der Waals surface area (Å²) in [5.74, 6) is 0. The van der Waals surface area contributed by atoms with E-state index in [0.29, 0.717) is 5.03 Å². The molecule has 0 unspecified atom stereocenters. The van der Waals surface area contributed by atoms with Gasteiger partial charge in [0, 0.05) is 6.72 Å². The monoisotopic (exact) mass is 172 g/mol. The highest BCUT2D eigenvalue weighted by atomic mass is 35.5. The van der Waals surface area contributed by atoms with E-state index in [0.717, 1.165) is 11.3 Å². The lowest BCUT2D eigenvalue weighted by molar-refractivity contribution is 0.901. The van der Waals surface area contributed by atoms with Gasteiger partial charge in [-0.3, -0.25) is 5.43 Å². The molecule has 1 N–H and O–H groups in total. The number of halogens is 1. The van der Waals surface area contributed by atoms with E-state index in [-0.39, 0.29) is 0 Å². The molecule has 0 spiro atoms. The third-order valence-corrected chi connectivity index (χ3v) is 1.59. The Balaban J connectivity index is 4.62. The lowest BCUT2D eigenvalue weighted by atomic mass is 10.2. The Hall–Kier alpha value is -0.760. The smallest absolute Gasteiger partial charge is 0.0730 e. The lowest BCUT2D eigenvalue weighted by Gasteiger charge is -2.06. The number of allylic oxidation sites excluding steroid dienone is 3. The molecule has 2 nitrogen and oxygen atoms in total. The van der Waals surface area contributed by atoms with Crippen molar-refractivity contribution in [3.05, 3.63) is 22.4 Å². The molecule has 0 heterocycles. The maximum absolute atomic E-state index is 5.86. The van der Waals surface area contributed by atoms with Crippen LogP contribution >= 0.6 is 11.6 Å². The molecule has 0 radical (unpaired) electrons. The van der Waals surface area contributed by atoms with Crippen molar-refractivity contribution in [2.75, 3.05) is 0 Å². The highest BCUT2D eigenvalue weighted by molar-refractivity contribution is 6.31. The van der Waals surface area contributed by atoms with E-state index >= 15 is 0 Å². The minimum Gasteiger partial charge on any atom is -0.278 e. The zero-order valence-corrected chi connectivity index (χ0v) is 7.87. The number of hydrazone groups is 1. The standard InChI is InChI=1S/C8H13ClN2/c1-5-7(9)8(6(2)3)11-10-4/h5,11H,4H2,1-3H3/b7-5+. The molecule has 0 aliphatic rings. The number of nitrogens with one attached hydrogen (secondary N) is 1. The average molecular weight is 173 g/mol. The first-order valence-corrected chi connectivity index (χ1v) is 3.72. The molecule has 0 aliphatic heterocycles. The van der Waals surface area contributed by atoms with Gasteiger partial charge in [0.05, 0.1) is 10.7 Å². The Morgan fingerprint density at radius 1 is 1.55 bits per heavy atom. The van der Waals surface area contributed by atoms with Crippen LogP contribution in [0.2, 0.25) is 0 Å². The predicted molar refractivity (Wildman–Crippen MR) is 50.7 cm³/mol. The Morgan fingerprint density at radius 2 is 2.09 bits per heavy atom. The van der Waals surface area contributed by atoms with Crippen LogP contribution in [0.4, 0.5) is 0 Å². The summed E-state index contributed by atoms with van der Waals surface area (Å²) < 4.78 is 0. The molecule has 0 aromatic carbocycles. The summed E-state index contributed by atoms with van der Waals surface area (Å²) in [5.41, 5.74) is 4.63. The van der Waals surface area contributed by atoms with Gasteiger partial charge in [0.25, 0.3) is 0 Å². The van der Waals surface area contributed by atoms with E-state index < -0.39 is 0 Å². The average Bonchev–Trinajstić information content (AvgIpc) is 1.98. The van der Waals surface area contributed by atoms with E-state index in [1.807, 2.05) is 26.8 Å². The van der Waals surface area contributed by atoms with Gasteiger partial charge in [-0.05, 0) is 26.3 Å². The topological polar surface area (TPSA) is 24.4 Å². The Labute approximate surface area is 72.6 Å². The first-order chi connectivity index (χ1) is 5.13. The third-order valence-electron chi connectivity index (χ3n) is 1.18. The molecule has 0 atom stereocenters. The van der Waals surface area contributed by atoms with E-state index in [1.54, 1.807) is 0 Å². The summed E-state index contributed by atoms with van der Waals surface area (Å²) in [5, 5.41) is 4.21. The molecule has 0 aromatic heterocycles. The Bertz CT molecular complexity index is 200. The van der Waals surface area contributed by atoms with E-state index in [1.165, 1.54) is 0 Å². The molecule has 62 valence electrons. The largest absolute Gasteiger partial charge is 0.278 e. The van der Waals surface area contributed by atoms with Crippen molar-refractivity contribution in [2.24, 2.45) is 5.10 Å². The molecular formula is C8H13ClN2. The molecule has 0 saturated heterocycles. The van der Waals surface area contributed by atoms with Crippen molar-refractivity contribution in [1.29, 1.82) is 0 Å². The van der Waals surface area contributed by atoms with Crippen molar-refractivity contribution in [3.63, 3.8) is 0 Å². The van der Waals surface area contributed by atoms with Gasteiger partial charge in [0.2, 0.25) is 0 Å². The fourth-order valence-corrected chi connectivity index (χ4v) is 0.859. The van der Waals surface area contributed by atoms with Crippen LogP contribution in [0.3, 0.4) is 0 Å². The number of nitrogens with zero attached hydrogens (tertiary/aromatic N) is 1. The van der Waals surface area contributed by atoms with Crippen LogP contribution in [0, 0.1) is 0 Å². The van der Waals surface area contributed by atoms with Gasteiger partial charge < -0.3 is 0 Å². The van der Waals surface area contributed by atoms with Crippen molar-refractivity contribution in [1.82, 2.24) is 5.43 Å². The van der Waals surface area contributed by atoms with Crippen molar-refractivity contribution >= 4 is 18.3 Å². The van der Waals surface area contributed by atoms with Crippen LogP contribution in [0.15, 0.2) is 27.5 Å². The molecule has 0 fully saturated rings. The molecule has 0 rings (SSSR count). The van der Waals surface area contributed by atoms with Crippen molar-refractivity contribution in [3.8, 4) is 0 Å². The zero-order chi connectivity index (χ0) is 8.85. The van der Waals surface area contributed by atoms with Gasteiger partial charge in [0.1, 0.15) is 0 Å². The van der Waals surface area contributed by atoms with Gasteiger partial charge in [-0.15, -0.1) is 0 Å². The number of hydrogen-bond donors (Lipinski definition) is 1. The van der Waals surface area contributed by atoms with Crippen LogP contribution in [-0.4, -0.2) is 6.72 Å². The fraction of sp³-hybridized carbons (Fsp3) is 0.375. The van der Waals surface area contributed by atoms with Crippen molar-refractivity contribution < 1.29 is 0 Å². The van der Waals surface area contributed by atoms with Crippen molar-refractivity contribution in [2.45, 2.75) is 20.8 Å². The second-order valence-corrected chi connectivity index (χ2v) is 2.69. The van der Waals surface area contributed by atoms with Crippen LogP contribution in [0.1, 0.15) is 20.8 Å². The van der Waals surface area contributed by atoms with Gasteiger partial charge >= 0.3 is 0 Å². The molecule has 0 saturated carbocycles. The van der Waals surface area contributed by atoms with E-state index in [4.69, 9.17) is 11.6 Å². The van der Waals surface area contributed by atoms with Gasteiger partial charge in [-0.2, -0.15) is 5.10 Å². The molecule has 0 aliphatic carbocycles. The fourth-order valence-electron chi connectivity index (χ4n) is 0.627. The number of rotatable bonds is 3. The summed E-state index contributed by atoms with van der Waals surface area (Å²) in [6.45, 7) is 9.10.